The average molecular weight is 438 g/mol. The van der Waals surface area contributed by atoms with Crippen LogP contribution in [0.25, 0.3) is 0 Å². The molecular formula is C28H43N3O. The lowest BCUT2D eigenvalue weighted by Gasteiger charge is -2.63. The maximum absolute atomic E-state index is 10.7. The minimum atomic E-state index is -0.437. The highest BCUT2D eigenvalue weighted by molar-refractivity contribution is 5.21. The Hall–Kier alpha value is -1.34. The summed E-state index contributed by atoms with van der Waals surface area (Å²) < 4.78 is 2.00. The number of nitrogens with zero attached hydrogens (tertiary/aromatic N) is 3. The first-order valence-corrected chi connectivity index (χ1v) is 13.1. The lowest BCUT2D eigenvalue weighted by Crippen LogP contribution is -2.56. The third-order valence-corrected chi connectivity index (χ3v) is 11.2. The summed E-state index contributed by atoms with van der Waals surface area (Å²) in [6, 6.07) is 2.22. The van der Waals surface area contributed by atoms with Gasteiger partial charge in [0.1, 0.15) is 6.07 Å². The lowest BCUT2D eigenvalue weighted by atomic mass is 9.42. The van der Waals surface area contributed by atoms with E-state index in [4.69, 9.17) is 0 Å². The van der Waals surface area contributed by atoms with Crippen molar-refractivity contribution in [3.63, 3.8) is 0 Å². The van der Waals surface area contributed by atoms with Crippen LogP contribution in [0, 0.1) is 57.2 Å². The third kappa shape index (κ3) is 3.37. The van der Waals surface area contributed by atoms with Crippen molar-refractivity contribution in [1.82, 2.24) is 9.78 Å². The zero-order valence-corrected chi connectivity index (χ0v) is 20.9. The molecule has 4 saturated carbocycles. The molecule has 1 N–H and O–H groups in total. The van der Waals surface area contributed by atoms with E-state index in [1.54, 1.807) is 6.20 Å². The van der Waals surface area contributed by atoms with Gasteiger partial charge < -0.3 is 5.11 Å². The summed E-state index contributed by atoms with van der Waals surface area (Å²) in [5, 5.41) is 24.4. The molecule has 4 fully saturated rings. The van der Waals surface area contributed by atoms with Gasteiger partial charge in [0.15, 0.2) is 0 Å². The summed E-state index contributed by atoms with van der Waals surface area (Å²) >= 11 is 0. The van der Waals surface area contributed by atoms with E-state index in [1.807, 2.05) is 10.9 Å². The molecule has 5 rings (SSSR count). The Morgan fingerprint density at radius 1 is 1.03 bits per heavy atom. The molecule has 4 aliphatic rings. The first-order chi connectivity index (χ1) is 15.0. The van der Waals surface area contributed by atoms with Gasteiger partial charge in [0.2, 0.25) is 0 Å². The van der Waals surface area contributed by atoms with Crippen LogP contribution in [0.5, 0.6) is 0 Å². The number of hydrogen-bond acceptors (Lipinski definition) is 3. The van der Waals surface area contributed by atoms with E-state index in [-0.39, 0.29) is 5.41 Å². The highest BCUT2D eigenvalue weighted by atomic mass is 16.3. The Bertz CT molecular complexity index is 910. The van der Waals surface area contributed by atoms with E-state index in [0.717, 1.165) is 43.1 Å². The molecule has 0 amide bonds. The quantitative estimate of drug-likeness (QED) is 0.613. The van der Waals surface area contributed by atoms with Gasteiger partial charge in [-0.15, -0.1) is 0 Å². The van der Waals surface area contributed by atoms with Crippen molar-refractivity contribution < 1.29 is 5.11 Å². The predicted molar refractivity (Wildman–Crippen MR) is 127 cm³/mol. The first-order valence-electron chi connectivity index (χ1n) is 13.1. The van der Waals surface area contributed by atoms with Crippen molar-refractivity contribution in [3.05, 3.63) is 18.0 Å². The summed E-state index contributed by atoms with van der Waals surface area (Å²) in [7, 11) is 0. The molecular weight excluding hydrogens is 394 g/mol. The average Bonchev–Trinajstić information content (AvgIpc) is 3.30. The maximum atomic E-state index is 10.7. The van der Waals surface area contributed by atoms with Crippen molar-refractivity contribution >= 4 is 0 Å². The van der Waals surface area contributed by atoms with E-state index in [0.29, 0.717) is 22.3 Å². The van der Waals surface area contributed by atoms with Crippen LogP contribution in [0.4, 0.5) is 0 Å². The second kappa shape index (κ2) is 7.33. The maximum Gasteiger partial charge on any atom is 0.102 e. The van der Waals surface area contributed by atoms with Crippen molar-refractivity contribution in [2.24, 2.45) is 45.8 Å². The van der Waals surface area contributed by atoms with Gasteiger partial charge in [0.05, 0.1) is 17.4 Å². The predicted octanol–water partition coefficient (Wildman–Crippen LogP) is 6.19. The molecule has 0 saturated heterocycles. The van der Waals surface area contributed by atoms with Crippen LogP contribution in [-0.4, -0.2) is 20.5 Å². The van der Waals surface area contributed by atoms with E-state index in [9.17, 15) is 10.4 Å². The van der Waals surface area contributed by atoms with Gasteiger partial charge in [0.25, 0.3) is 0 Å². The van der Waals surface area contributed by atoms with Crippen molar-refractivity contribution in [2.75, 3.05) is 0 Å². The number of rotatable bonds is 3. The van der Waals surface area contributed by atoms with Crippen LogP contribution in [-0.2, 0) is 6.54 Å². The number of nitriles is 1. The normalized spacial score (nSPS) is 46.1. The largest absolute Gasteiger partial charge is 0.390 e. The number of aromatic nitrogens is 2. The molecule has 32 heavy (non-hydrogen) atoms. The zero-order chi connectivity index (χ0) is 22.9. The van der Waals surface area contributed by atoms with Gasteiger partial charge in [-0.05, 0) is 111 Å². The molecule has 1 aromatic rings. The van der Waals surface area contributed by atoms with Gasteiger partial charge in [0, 0.05) is 12.7 Å². The fourth-order valence-corrected chi connectivity index (χ4v) is 9.85. The Balaban J connectivity index is 1.37. The molecule has 8 atom stereocenters. The molecule has 0 unspecified atom stereocenters. The molecule has 4 heteroatoms. The second-order valence-corrected chi connectivity index (χ2v) is 13.6. The van der Waals surface area contributed by atoms with Crippen LogP contribution in [0.3, 0.4) is 0 Å². The molecule has 1 aromatic heterocycles. The molecule has 0 aliphatic heterocycles. The lowest BCUT2D eigenvalue weighted by molar-refractivity contribution is -0.154. The second-order valence-electron chi connectivity index (χ2n) is 13.6. The standard InChI is InChI=1S/C28H43N3O/c1-25(2,18-31-17-19(15-29)16-30-31)24-9-8-23-22-7-6-20-14-26(3,32)11-10-21(20)27(22,4)12-13-28(23,24)5/h16-17,20-24,32H,6-14,18H2,1-5H3/t20-,21+,22+,23+,24-,26-,27-,28+/m1/s1. The minimum Gasteiger partial charge on any atom is -0.390 e. The molecule has 0 spiro atoms. The fourth-order valence-electron chi connectivity index (χ4n) is 9.85. The van der Waals surface area contributed by atoms with Gasteiger partial charge in [-0.25, -0.2) is 0 Å². The highest BCUT2D eigenvalue weighted by Gasteiger charge is 2.63. The van der Waals surface area contributed by atoms with E-state index in [1.165, 1.54) is 44.9 Å². The zero-order valence-electron chi connectivity index (χ0n) is 20.9. The Morgan fingerprint density at radius 3 is 2.44 bits per heavy atom. The van der Waals surface area contributed by atoms with Gasteiger partial charge >= 0.3 is 0 Å². The summed E-state index contributed by atoms with van der Waals surface area (Å²) in [6.07, 6.45) is 14.9. The summed E-state index contributed by atoms with van der Waals surface area (Å²) in [5.41, 5.74) is 1.26. The third-order valence-electron chi connectivity index (χ3n) is 11.2. The van der Waals surface area contributed by atoms with E-state index < -0.39 is 5.60 Å². The smallest absolute Gasteiger partial charge is 0.102 e. The number of fused-ring (bicyclic) bond motifs is 5. The summed E-state index contributed by atoms with van der Waals surface area (Å²) in [5.74, 6) is 3.92. The Kier molecular flexibility index (Phi) is 5.14. The van der Waals surface area contributed by atoms with Crippen molar-refractivity contribution in [2.45, 2.75) is 105 Å². The molecule has 0 radical (unpaired) electrons. The number of hydrogen-bond donors (Lipinski definition) is 1. The van der Waals surface area contributed by atoms with Crippen LogP contribution < -0.4 is 0 Å². The first kappa shape index (κ1) is 22.5. The van der Waals surface area contributed by atoms with E-state index >= 15 is 0 Å². The monoisotopic (exact) mass is 437 g/mol. The highest BCUT2D eigenvalue weighted by Crippen LogP contribution is 2.71. The molecule has 4 nitrogen and oxygen atoms in total. The van der Waals surface area contributed by atoms with Crippen LogP contribution in [0.1, 0.15) is 98.0 Å². The SMILES string of the molecule is CC(C)(Cn1cc(C#N)cn1)[C@H]1CC[C@H]2[C@@H]3CC[C@@H]4C[C@](C)(O)CC[C@@H]4[C@@]3(C)CC[C@]12C. The number of aliphatic hydroxyl groups is 1. The van der Waals surface area contributed by atoms with E-state index in [2.05, 4.69) is 45.8 Å². The minimum absolute atomic E-state index is 0.163. The van der Waals surface area contributed by atoms with Crippen LogP contribution >= 0.6 is 0 Å². The fraction of sp³-hybridized carbons (Fsp3) is 0.857. The molecule has 4 aliphatic carbocycles. The Labute approximate surface area is 194 Å². The van der Waals surface area contributed by atoms with Gasteiger partial charge in [-0.2, -0.15) is 10.4 Å². The molecule has 176 valence electrons. The van der Waals surface area contributed by atoms with Crippen LogP contribution in [0.15, 0.2) is 12.4 Å². The molecule has 0 bridgehead atoms. The van der Waals surface area contributed by atoms with Gasteiger partial charge in [-0.3, -0.25) is 4.68 Å². The molecule has 0 aromatic carbocycles. The van der Waals surface area contributed by atoms with Crippen LogP contribution in [0.2, 0.25) is 0 Å². The Morgan fingerprint density at radius 2 is 1.72 bits per heavy atom. The van der Waals surface area contributed by atoms with Crippen molar-refractivity contribution in [3.8, 4) is 6.07 Å². The molecule has 1 heterocycles. The topological polar surface area (TPSA) is 61.8 Å². The van der Waals surface area contributed by atoms with Gasteiger partial charge in [-0.1, -0.05) is 27.7 Å². The summed E-state index contributed by atoms with van der Waals surface area (Å²) in [4.78, 5) is 0. The van der Waals surface area contributed by atoms with Crippen molar-refractivity contribution in [1.29, 1.82) is 5.26 Å². The summed E-state index contributed by atoms with van der Waals surface area (Å²) in [6.45, 7) is 13.1.